The van der Waals surface area contributed by atoms with E-state index in [1.54, 1.807) is 7.11 Å². The lowest BCUT2D eigenvalue weighted by atomic mass is 10.1. The molecule has 0 aromatic heterocycles. The summed E-state index contributed by atoms with van der Waals surface area (Å²) in [5, 5.41) is 0. The second-order valence-electron chi connectivity index (χ2n) is 4.23. The summed E-state index contributed by atoms with van der Waals surface area (Å²) in [4.78, 5) is 0. The fraction of sp³-hybridized carbons (Fsp3) is 0.538. The van der Waals surface area contributed by atoms with Gasteiger partial charge in [0.1, 0.15) is 0 Å². The first-order chi connectivity index (χ1) is 8.33. The van der Waals surface area contributed by atoms with Gasteiger partial charge in [-0.25, -0.2) is 0 Å². The first-order valence-corrected chi connectivity index (χ1v) is 5.91. The van der Waals surface area contributed by atoms with Crippen LogP contribution < -0.4 is 15.2 Å². The molecule has 2 N–H and O–H groups in total. The molecule has 0 radical (unpaired) electrons. The van der Waals surface area contributed by atoms with Crippen LogP contribution in [0.2, 0.25) is 0 Å². The summed E-state index contributed by atoms with van der Waals surface area (Å²) in [6, 6.07) is 5.79. The number of methoxy groups -OCH3 is 1. The Morgan fingerprint density at radius 2 is 2.29 bits per heavy atom. The Labute approximate surface area is 102 Å². The first-order valence-electron chi connectivity index (χ1n) is 5.91. The molecule has 1 aromatic rings. The van der Waals surface area contributed by atoms with Crippen molar-refractivity contribution in [2.45, 2.75) is 13.0 Å². The van der Waals surface area contributed by atoms with E-state index in [1.807, 2.05) is 18.2 Å². The summed E-state index contributed by atoms with van der Waals surface area (Å²) in [6.45, 7) is 2.83. The molecular weight excluding hydrogens is 218 g/mol. The molecule has 0 spiro atoms. The van der Waals surface area contributed by atoms with E-state index in [9.17, 15) is 0 Å². The van der Waals surface area contributed by atoms with E-state index in [4.69, 9.17) is 19.9 Å². The topological polar surface area (TPSA) is 53.7 Å². The molecule has 4 heteroatoms. The van der Waals surface area contributed by atoms with Crippen LogP contribution in [0.3, 0.4) is 0 Å². The minimum atomic E-state index is 0.494. The lowest BCUT2D eigenvalue weighted by Gasteiger charge is -2.14. The molecule has 1 saturated heterocycles. The molecule has 1 aliphatic rings. The second kappa shape index (κ2) is 5.89. The minimum Gasteiger partial charge on any atom is -0.493 e. The van der Waals surface area contributed by atoms with Crippen molar-refractivity contribution in [3.05, 3.63) is 23.8 Å². The maximum atomic E-state index is 5.77. The standard InChI is InChI=1S/C13H19NO3/c1-15-13-6-10(7-14)2-3-12(13)17-9-11-4-5-16-8-11/h2-3,6,11H,4-5,7-9,14H2,1H3. The lowest BCUT2D eigenvalue weighted by Crippen LogP contribution is -2.12. The fourth-order valence-electron chi connectivity index (χ4n) is 1.88. The molecule has 0 saturated carbocycles. The van der Waals surface area contributed by atoms with Gasteiger partial charge in [-0.15, -0.1) is 0 Å². The van der Waals surface area contributed by atoms with Gasteiger partial charge in [0.15, 0.2) is 11.5 Å². The molecule has 17 heavy (non-hydrogen) atoms. The third kappa shape index (κ3) is 3.11. The quantitative estimate of drug-likeness (QED) is 0.844. The Morgan fingerprint density at radius 3 is 2.94 bits per heavy atom. The van der Waals surface area contributed by atoms with Crippen LogP contribution in [0.1, 0.15) is 12.0 Å². The highest BCUT2D eigenvalue weighted by Crippen LogP contribution is 2.28. The van der Waals surface area contributed by atoms with Gasteiger partial charge in [0, 0.05) is 19.1 Å². The van der Waals surface area contributed by atoms with Gasteiger partial charge >= 0.3 is 0 Å². The summed E-state index contributed by atoms with van der Waals surface area (Å²) in [5.41, 5.74) is 6.62. The van der Waals surface area contributed by atoms with Gasteiger partial charge in [-0.05, 0) is 24.1 Å². The Balaban J connectivity index is 1.98. The highest BCUT2D eigenvalue weighted by molar-refractivity contribution is 5.42. The van der Waals surface area contributed by atoms with Crippen molar-refractivity contribution >= 4 is 0 Å². The Hall–Kier alpha value is -1.26. The van der Waals surface area contributed by atoms with Gasteiger partial charge in [0.05, 0.1) is 20.3 Å². The van der Waals surface area contributed by atoms with Gasteiger partial charge < -0.3 is 19.9 Å². The number of nitrogens with two attached hydrogens (primary N) is 1. The molecule has 1 aromatic carbocycles. The van der Waals surface area contributed by atoms with Crippen LogP contribution >= 0.6 is 0 Å². The normalized spacial score (nSPS) is 19.3. The van der Waals surface area contributed by atoms with Gasteiger partial charge in [-0.1, -0.05) is 6.07 Å². The molecule has 0 aliphatic carbocycles. The van der Waals surface area contributed by atoms with Crippen molar-refractivity contribution in [3.8, 4) is 11.5 Å². The number of hydrogen-bond donors (Lipinski definition) is 1. The van der Waals surface area contributed by atoms with Crippen molar-refractivity contribution in [3.63, 3.8) is 0 Å². The molecule has 2 rings (SSSR count). The van der Waals surface area contributed by atoms with Crippen molar-refractivity contribution in [1.82, 2.24) is 0 Å². The van der Waals surface area contributed by atoms with E-state index in [0.29, 0.717) is 19.1 Å². The number of benzene rings is 1. The molecule has 1 aliphatic heterocycles. The van der Waals surface area contributed by atoms with Gasteiger partial charge in [0.2, 0.25) is 0 Å². The number of hydrogen-bond acceptors (Lipinski definition) is 4. The van der Waals surface area contributed by atoms with E-state index < -0.39 is 0 Å². The smallest absolute Gasteiger partial charge is 0.161 e. The van der Waals surface area contributed by atoms with Crippen LogP contribution in [0.4, 0.5) is 0 Å². The summed E-state index contributed by atoms with van der Waals surface area (Å²) < 4.78 is 16.4. The lowest BCUT2D eigenvalue weighted by molar-refractivity contribution is 0.165. The Kier molecular flexibility index (Phi) is 4.23. The van der Waals surface area contributed by atoms with Gasteiger partial charge in [0.25, 0.3) is 0 Å². The molecule has 94 valence electrons. The Morgan fingerprint density at radius 1 is 1.41 bits per heavy atom. The van der Waals surface area contributed by atoms with Crippen molar-refractivity contribution < 1.29 is 14.2 Å². The number of ether oxygens (including phenoxy) is 3. The monoisotopic (exact) mass is 237 g/mol. The average molecular weight is 237 g/mol. The van der Waals surface area contributed by atoms with Crippen LogP contribution in [0.5, 0.6) is 11.5 Å². The third-order valence-corrected chi connectivity index (χ3v) is 2.96. The summed E-state index contributed by atoms with van der Waals surface area (Å²) >= 11 is 0. The largest absolute Gasteiger partial charge is 0.493 e. The summed E-state index contributed by atoms with van der Waals surface area (Å²) in [6.07, 6.45) is 1.07. The van der Waals surface area contributed by atoms with E-state index in [-0.39, 0.29) is 0 Å². The maximum Gasteiger partial charge on any atom is 0.161 e. The minimum absolute atomic E-state index is 0.494. The zero-order valence-electron chi connectivity index (χ0n) is 10.1. The third-order valence-electron chi connectivity index (χ3n) is 2.96. The fourth-order valence-corrected chi connectivity index (χ4v) is 1.88. The maximum absolute atomic E-state index is 5.77. The van der Waals surface area contributed by atoms with Crippen LogP contribution in [-0.4, -0.2) is 26.9 Å². The Bertz CT molecular complexity index is 362. The predicted octanol–water partition coefficient (Wildman–Crippen LogP) is 1.57. The molecule has 1 atom stereocenters. The van der Waals surface area contributed by atoms with E-state index in [2.05, 4.69) is 0 Å². The summed E-state index contributed by atoms with van der Waals surface area (Å²) in [7, 11) is 1.64. The summed E-state index contributed by atoms with van der Waals surface area (Å²) in [5.74, 6) is 2.01. The van der Waals surface area contributed by atoms with Crippen LogP contribution in [0, 0.1) is 5.92 Å². The van der Waals surface area contributed by atoms with Crippen LogP contribution in [-0.2, 0) is 11.3 Å². The van der Waals surface area contributed by atoms with Crippen LogP contribution in [0.15, 0.2) is 18.2 Å². The van der Waals surface area contributed by atoms with Crippen LogP contribution in [0.25, 0.3) is 0 Å². The average Bonchev–Trinajstić information content (AvgIpc) is 2.89. The number of rotatable bonds is 5. The molecular formula is C13H19NO3. The predicted molar refractivity (Wildman–Crippen MR) is 65.3 cm³/mol. The molecule has 1 unspecified atom stereocenters. The second-order valence-corrected chi connectivity index (χ2v) is 4.23. The SMILES string of the molecule is COc1cc(CN)ccc1OCC1CCOC1. The molecule has 4 nitrogen and oxygen atoms in total. The first kappa shape index (κ1) is 12.2. The molecule has 1 fully saturated rings. The van der Waals surface area contributed by atoms with Gasteiger partial charge in [-0.2, -0.15) is 0 Å². The zero-order chi connectivity index (χ0) is 12.1. The van der Waals surface area contributed by atoms with E-state index in [1.165, 1.54) is 0 Å². The van der Waals surface area contributed by atoms with Gasteiger partial charge in [-0.3, -0.25) is 0 Å². The van der Waals surface area contributed by atoms with Crippen molar-refractivity contribution in [2.75, 3.05) is 26.9 Å². The molecule has 0 amide bonds. The zero-order valence-corrected chi connectivity index (χ0v) is 10.1. The van der Waals surface area contributed by atoms with Crippen molar-refractivity contribution in [2.24, 2.45) is 11.7 Å². The van der Waals surface area contributed by atoms with Crippen molar-refractivity contribution in [1.29, 1.82) is 0 Å². The highest BCUT2D eigenvalue weighted by atomic mass is 16.5. The molecule has 1 heterocycles. The highest BCUT2D eigenvalue weighted by Gasteiger charge is 2.17. The van der Waals surface area contributed by atoms with E-state index in [0.717, 1.165) is 36.7 Å². The molecule has 0 bridgehead atoms. The van der Waals surface area contributed by atoms with E-state index >= 15 is 0 Å².